The van der Waals surface area contributed by atoms with E-state index in [1.807, 2.05) is 0 Å². The number of nitro benzene ring substituents is 1. The van der Waals surface area contributed by atoms with Gasteiger partial charge in [0.25, 0.3) is 5.69 Å². The summed E-state index contributed by atoms with van der Waals surface area (Å²) in [4.78, 5) is 22.4. The molecule has 0 unspecified atom stereocenters. The van der Waals surface area contributed by atoms with Crippen LogP contribution in [0.4, 0.5) is 24.5 Å². The first kappa shape index (κ1) is 18.9. The van der Waals surface area contributed by atoms with E-state index in [4.69, 9.17) is 0 Å². The minimum absolute atomic E-state index is 0.0276. The van der Waals surface area contributed by atoms with Gasteiger partial charge >= 0.3 is 6.18 Å². The number of nitrogens with one attached hydrogen (secondary N) is 1. The van der Waals surface area contributed by atoms with Crippen molar-refractivity contribution >= 4 is 17.3 Å². The highest BCUT2D eigenvalue weighted by Crippen LogP contribution is 2.42. The molecule has 0 atom stereocenters. The summed E-state index contributed by atoms with van der Waals surface area (Å²) < 4.78 is 39.9. The van der Waals surface area contributed by atoms with Crippen LogP contribution in [0.5, 0.6) is 0 Å². The number of amides is 1. The molecule has 1 N–H and O–H groups in total. The van der Waals surface area contributed by atoms with Crippen LogP contribution in [0, 0.1) is 17.0 Å². The third-order valence-corrected chi connectivity index (χ3v) is 4.34. The smallest absolute Gasteiger partial charge is 0.326 e. The van der Waals surface area contributed by atoms with Crippen LogP contribution in [0.25, 0.3) is 0 Å². The Balaban J connectivity index is 1.66. The number of anilines is 1. The second-order valence-electron chi connectivity index (χ2n) is 6.50. The molecule has 1 aliphatic carbocycles. The van der Waals surface area contributed by atoms with Crippen molar-refractivity contribution in [1.82, 2.24) is 9.78 Å². The summed E-state index contributed by atoms with van der Waals surface area (Å²) in [5.41, 5.74) is 0.410. The van der Waals surface area contributed by atoms with Crippen LogP contribution in [0.3, 0.4) is 0 Å². The van der Waals surface area contributed by atoms with Crippen molar-refractivity contribution in [3.8, 4) is 0 Å². The van der Waals surface area contributed by atoms with Gasteiger partial charge in [0.1, 0.15) is 0 Å². The summed E-state index contributed by atoms with van der Waals surface area (Å²) in [5.74, 6) is -0.341. The van der Waals surface area contributed by atoms with Crippen LogP contribution >= 0.6 is 0 Å². The molecule has 0 bridgehead atoms. The molecule has 144 valence electrons. The van der Waals surface area contributed by atoms with E-state index in [1.54, 1.807) is 6.92 Å². The lowest BCUT2D eigenvalue weighted by Crippen LogP contribution is -2.17. The van der Waals surface area contributed by atoms with Gasteiger partial charge in [0.05, 0.1) is 4.92 Å². The number of hydrogen-bond donors (Lipinski definition) is 1. The van der Waals surface area contributed by atoms with Gasteiger partial charge in [0.2, 0.25) is 5.91 Å². The molecule has 7 nitrogen and oxygen atoms in total. The Morgan fingerprint density at radius 2 is 2.07 bits per heavy atom. The maximum atomic E-state index is 12.9. The van der Waals surface area contributed by atoms with E-state index in [9.17, 15) is 28.1 Å². The second kappa shape index (κ2) is 7.01. The van der Waals surface area contributed by atoms with Gasteiger partial charge in [-0.1, -0.05) is 0 Å². The lowest BCUT2D eigenvalue weighted by molar-refractivity contribution is -0.384. The molecule has 0 saturated heterocycles. The number of hydrogen-bond acceptors (Lipinski definition) is 4. The van der Waals surface area contributed by atoms with Gasteiger partial charge in [-0.05, 0) is 37.5 Å². The van der Waals surface area contributed by atoms with Crippen LogP contribution in [0.15, 0.2) is 24.3 Å². The zero-order chi connectivity index (χ0) is 19.8. The normalized spacial score (nSPS) is 14.2. The molecule has 27 heavy (non-hydrogen) atoms. The minimum Gasteiger partial charge on any atom is -0.326 e. The minimum atomic E-state index is -4.52. The van der Waals surface area contributed by atoms with Gasteiger partial charge in [-0.15, -0.1) is 0 Å². The third-order valence-electron chi connectivity index (χ3n) is 4.34. The molecule has 10 heteroatoms. The molecule has 1 amide bonds. The number of non-ortho nitro benzene ring substituents is 1. The van der Waals surface area contributed by atoms with E-state index in [-0.39, 0.29) is 24.6 Å². The van der Waals surface area contributed by atoms with Gasteiger partial charge in [0.15, 0.2) is 5.69 Å². The number of benzene rings is 1. The lowest BCUT2D eigenvalue weighted by atomic mass is 10.1. The van der Waals surface area contributed by atoms with Crippen molar-refractivity contribution in [2.75, 3.05) is 5.32 Å². The van der Waals surface area contributed by atoms with E-state index in [2.05, 4.69) is 10.4 Å². The number of nitrogens with zero attached hydrogens (tertiary/aromatic N) is 3. The van der Waals surface area contributed by atoms with Crippen molar-refractivity contribution in [2.24, 2.45) is 0 Å². The molecule has 1 heterocycles. The molecular weight excluding hydrogens is 365 g/mol. The largest absolute Gasteiger partial charge is 0.435 e. The van der Waals surface area contributed by atoms with E-state index in [0.29, 0.717) is 16.9 Å². The highest BCUT2D eigenvalue weighted by atomic mass is 19.4. The van der Waals surface area contributed by atoms with Crippen LogP contribution in [-0.4, -0.2) is 20.6 Å². The number of halogens is 3. The molecule has 1 fully saturated rings. The van der Waals surface area contributed by atoms with Crippen LogP contribution in [0.1, 0.15) is 42.1 Å². The average molecular weight is 382 g/mol. The Labute approximate surface area is 152 Å². The van der Waals surface area contributed by atoms with Gasteiger partial charge < -0.3 is 5.32 Å². The summed E-state index contributed by atoms with van der Waals surface area (Å²) in [6.07, 6.45) is -2.95. The maximum absolute atomic E-state index is 12.9. The van der Waals surface area contributed by atoms with E-state index in [1.165, 1.54) is 22.9 Å². The number of aromatic nitrogens is 2. The molecule has 0 aliphatic heterocycles. The lowest BCUT2D eigenvalue weighted by Gasteiger charge is -2.10. The van der Waals surface area contributed by atoms with E-state index < -0.39 is 22.7 Å². The molecule has 1 saturated carbocycles. The highest BCUT2D eigenvalue weighted by Gasteiger charge is 2.37. The fourth-order valence-electron chi connectivity index (χ4n) is 2.78. The van der Waals surface area contributed by atoms with Gasteiger partial charge in [-0.2, -0.15) is 18.3 Å². The van der Waals surface area contributed by atoms with Crippen molar-refractivity contribution in [1.29, 1.82) is 0 Å². The summed E-state index contributed by atoms with van der Waals surface area (Å²) in [6, 6.07) is 5.09. The standard InChI is InChI=1S/C17H17F3N4O3/c1-10-8-12(24(26)27)4-5-13(10)21-16(25)6-7-23-14(11-2-3-11)9-15(22-23)17(18,19)20/h4-5,8-9,11H,2-3,6-7H2,1H3,(H,21,25). The molecule has 1 aromatic carbocycles. The molecule has 0 radical (unpaired) electrons. The summed E-state index contributed by atoms with van der Waals surface area (Å²) in [5, 5.41) is 17.0. The van der Waals surface area contributed by atoms with Crippen molar-refractivity contribution in [3.63, 3.8) is 0 Å². The zero-order valence-corrected chi connectivity index (χ0v) is 14.4. The monoisotopic (exact) mass is 382 g/mol. The number of alkyl halides is 3. The van der Waals surface area contributed by atoms with Crippen molar-refractivity contribution in [2.45, 2.75) is 44.8 Å². The van der Waals surface area contributed by atoms with Crippen LogP contribution in [-0.2, 0) is 17.5 Å². The van der Waals surface area contributed by atoms with Gasteiger partial charge in [-0.3, -0.25) is 19.6 Å². The fraction of sp³-hybridized carbons (Fsp3) is 0.412. The predicted molar refractivity (Wildman–Crippen MR) is 90.3 cm³/mol. The molecule has 1 aliphatic rings. The summed E-state index contributed by atoms with van der Waals surface area (Å²) >= 11 is 0. The first-order chi connectivity index (χ1) is 12.6. The van der Waals surface area contributed by atoms with Gasteiger partial charge in [0, 0.05) is 42.4 Å². The van der Waals surface area contributed by atoms with E-state index in [0.717, 1.165) is 18.9 Å². The SMILES string of the molecule is Cc1cc([N+](=O)[O-])ccc1NC(=O)CCn1nc(C(F)(F)F)cc1C1CC1. The maximum Gasteiger partial charge on any atom is 0.435 e. The Hall–Kier alpha value is -2.91. The quantitative estimate of drug-likeness (QED) is 0.603. The molecule has 3 rings (SSSR count). The fourth-order valence-corrected chi connectivity index (χ4v) is 2.78. The molecule has 1 aromatic heterocycles. The number of carbonyl (C=O) groups is 1. The number of nitro groups is 1. The van der Waals surface area contributed by atoms with Crippen molar-refractivity contribution < 1.29 is 22.9 Å². The Morgan fingerprint density at radius 1 is 1.37 bits per heavy atom. The molecular formula is C17H17F3N4O3. The first-order valence-electron chi connectivity index (χ1n) is 8.35. The second-order valence-corrected chi connectivity index (χ2v) is 6.50. The van der Waals surface area contributed by atoms with Crippen LogP contribution < -0.4 is 5.32 Å². The average Bonchev–Trinajstić information content (AvgIpc) is 3.32. The predicted octanol–water partition coefficient (Wildman–Crippen LogP) is 4.02. The first-order valence-corrected chi connectivity index (χ1v) is 8.35. The Morgan fingerprint density at radius 3 is 2.63 bits per heavy atom. The molecule has 0 spiro atoms. The highest BCUT2D eigenvalue weighted by molar-refractivity contribution is 5.91. The Bertz CT molecular complexity index is 888. The summed E-state index contributed by atoms with van der Waals surface area (Å²) in [6.45, 7) is 1.65. The third kappa shape index (κ3) is 4.44. The zero-order valence-electron chi connectivity index (χ0n) is 14.4. The number of rotatable bonds is 6. The topological polar surface area (TPSA) is 90.1 Å². The van der Waals surface area contributed by atoms with Gasteiger partial charge in [-0.25, -0.2) is 0 Å². The number of aryl methyl sites for hydroxylation is 2. The van der Waals surface area contributed by atoms with E-state index >= 15 is 0 Å². The van der Waals surface area contributed by atoms with Crippen LogP contribution in [0.2, 0.25) is 0 Å². The number of carbonyl (C=O) groups excluding carboxylic acids is 1. The molecule has 2 aromatic rings. The summed E-state index contributed by atoms with van der Waals surface area (Å²) in [7, 11) is 0. The Kier molecular flexibility index (Phi) is 4.90. The van der Waals surface area contributed by atoms with Crippen molar-refractivity contribution in [3.05, 3.63) is 51.3 Å².